The Bertz CT molecular complexity index is 655. The van der Waals surface area contributed by atoms with Crippen molar-refractivity contribution in [2.45, 2.75) is 0 Å². The number of rotatable bonds is 6. The van der Waals surface area contributed by atoms with Crippen molar-refractivity contribution in [2.24, 2.45) is 0 Å². The highest BCUT2D eigenvalue weighted by atomic mass is 16.5. The number of hydrogen-bond acceptors (Lipinski definition) is 3. The van der Waals surface area contributed by atoms with Gasteiger partial charge in [0.15, 0.2) is 0 Å². The van der Waals surface area contributed by atoms with E-state index >= 15 is 0 Å². The zero-order valence-corrected chi connectivity index (χ0v) is 13.1. The maximum Gasteiger partial charge on any atom is 0.126 e. The van der Waals surface area contributed by atoms with Gasteiger partial charge in [-0.05, 0) is 35.9 Å². The fourth-order valence-electron chi connectivity index (χ4n) is 2.01. The van der Waals surface area contributed by atoms with Crippen molar-refractivity contribution >= 4 is 12.2 Å². The van der Waals surface area contributed by atoms with E-state index in [9.17, 15) is 0 Å². The maximum atomic E-state index is 5.34. The van der Waals surface area contributed by atoms with E-state index in [0.717, 1.165) is 28.4 Å². The Balaban J connectivity index is 2.09. The van der Waals surface area contributed by atoms with Gasteiger partial charge in [-0.1, -0.05) is 36.4 Å². The molecule has 2 aromatic rings. The second kappa shape index (κ2) is 7.93. The lowest BCUT2D eigenvalue weighted by atomic mass is 10.1. The molecule has 0 radical (unpaired) electrons. The molecule has 0 amide bonds. The minimum atomic E-state index is 0.805. The van der Waals surface area contributed by atoms with Gasteiger partial charge in [-0.25, -0.2) is 0 Å². The van der Waals surface area contributed by atoms with Crippen LogP contribution in [0.15, 0.2) is 54.6 Å². The number of ether oxygens (including phenoxy) is 3. The molecule has 0 aromatic heterocycles. The monoisotopic (exact) mass is 296 g/mol. The van der Waals surface area contributed by atoms with Gasteiger partial charge in [0.2, 0.25) is 0 Å². The summed E-state index contributed by atoms with van der Waals surface area (Å²) in [5, 5.41) is 0. The zero-order valence-electron chi connectivity index (χ0n) is 13.1. The smallest absolute Gasteiger partial charge is 0.126 e. The first kappa shape index (κ1) is 15.7. The molecule has 0 N–H and O–H groups in total. The first-order valence-corrected chi connectivity index (χ1v) is 6.97. The summed E-state index contributed by atoms with van der Waals surface area (Å²) in [5.41, 5.74) is 2.09. The van der Waals surface area contributed by atoms with E-state index in [1.807, 2.05) is 66.8 Å². The number of allylic oxidation sites excluding steroid dienone is 2. The van der Waals surface area contributed by atoms with Gasteiger partial charge in [-0.15, -0.1) is 0 Å². The molecule has 0 aliphatic rings. The Morgan fingerprint density at radius 2 is 1.32 bits per heavy atom. The molecule has 0 aliphatic carbocycles. The summed E-state index contributed by atoms with van der Waals surface area (Å²) in [7, 11) is 4.97. The Labute approximate surface area is 131 Å². The summed E-state index contributed by atoms with van der Waals surface area (Å²) in [6.45, 7) is 0. The van der Waals surface area contributed by atoms with Crippen molar-refractivity contribution in [3.63, 3.8) is 0 Å². The van der Waals surface area contributed by atoms with E-state index in [-0.39, 0.29) is 0 Å². The lowest BCUT2D eigenvalue weighted by molar-refractivity contribution is 0.402. The maximum absolute atomic E-state index is 5.34. The van der Waals surface area contributed by atoms with Gasteiger partial charge in [-0.2, -0.15) is 0 Å². The molecule has 0 bridgehead atoms. The van der Waals surface area contributed by atoms with Crippen LogP contribution in [0.4, 0.5) is 0 Å². The third-order valence-corrected chi connectivity index (χ3v) is 3.23. The van der Waals surface area contributed by atoms with E-state index < -0.39 is 0 Å². The molecule has 0 heterocycles. The largest absolute Gasteiger partial charge is 0.497 e. The molecule has 0 spiro atoms. The normalized spacial score (nSPS) is 11.0. The van der Waals surface area contributed by atoms with Gasteiger partial charge in [0, 0.05) is 5.56 Å². The summed E-state index contributed by atoms with van der Waals surface area (Å²) in [4.78, 5) is 0. The highest BCUT2D eigenvalue weighted by Gasteiger charge is 2.00. The lowest BCUT2D eigenvalue weighted by Crippen LogP contribution is -1.89. The topological polar surface area (TPSA) is 27.7 Å². The van der Waals surface area contributed by atoms with Crippen LogP contribution < -0.4 is 14.2 Å². The molecular weight excluding hydrogens is 276 g/mol. The summed E-state index contributed by atoms with van der Waals surface area (Å²) in [6.07, 6.45) is 7.98. The molecule has 0 unspecified atom stereocenters. The first-order valence-electron chi connectivity index (χ1n) is 6.97. The lowest BCUT2D eigenvalue weighted by Gasteiger charge is -2.06. The number of methoxy groups -OCH3 is 3. The predicted molar refractivity (Wildman–Crippen MR) is 90.6 cm³/mol. The molecule has 0 saturated heterocycles. The Hall–Kier alpha value is -2.68. The number of hydrogen-bond donors (Lipinski definition) is 0. The van der Waals surface area contributed by atoms with Gasteiger partial charge >= 0.3 is 0 Å². The molecule has 2 aromatic carbocycles. The van der Waals surface area contributed by atoms with Crippen LogP contribution in [-0.2, 0) is 0 Å². The van der Waals surface area contributed by atoms with Crippen LogP contribution in [0.25, 0.3) is 12.2 Å². The fourth-order valence-corrected chi connectivity index (χ4v) is 2.01. The van der Waals surface area contributed by atoms with Crippen LogP contribution in [0, 0.1) is 0 Å². The molecule has 0 fully saturated rings. The molecule has 3 heteroatoms. The predicted octanol–water partition coefficient (Wildman–Crippen LogP) is 4.44. The van der Waals surface area contributed by atoms with E-state index in [1.165, 1.54) is 0 Å². The molecule has 3 nitrogen and oxygen atoms in total. The summed E-state index contributed by atoms with van der Waals surface area (Å²) in [6, 6.07) is 13.6. The third-order valence-electron chi connectivity index (χ3n) is 3.23. The van der Waals surface area contributed by atoms with Crippen molar-refractivity contribution in [1.82, 2.24) is 0 Å². The zero-order chi connectivity index (χ0) is 15.8. The second-order valence-corrected chi connectivity index (χ2v) is 4.60. The van der Waals surface area contributed by atoms with Crippen molar-refractivity contribution in [2.75, 3.05) is 21.3 Å². The van der Waals surface area contributed by atoms with E-state index in [1.54, 1.807) is 21.3 Å². The van der Waals surface area contributed by atoms with Gasteiger partial charge in [0.25, 0.3) is 0 Å². The van der Waals surface area contributed by atoms with E-state index in [2.05, 4.69) is 0 Å². The average molecular weight is 296 g/mol. The fraction of sp³-hybridized carbons (Fsp3) is 0.158. The van der Waals surface area contributed by atoms with Crippen LogP contribution in [0.2, 0.25) is 0 Å². The van der Waals surface area contributed by atoms with Gasteiger partial charge in [0.05, 0.1) is 21.3 Å². The SMILES string of the molecule is COc1ccc(/C=C/C=C/c2cc(OC)ccc2OC)cc1. The van der Waals surface area contributed by atoms with Crippen molar-refractivity contribution in [1.29, 1.82) is 0 Å². The average Bonchev–Trinajstić information content (AvgIpc) is 2.59. The minimum Gasteiger partial charge on any atom is -0.497 e. The molecule has 0 atom stereocenters. The second-order valence-electron chi connectivity index (χ2n) is 4.60. The van der Waals surface area contributed by atoms with Crippen molar-refractivity contribution in [3.05, 3.63) is 65.7 Å². The quantitative estimate of drug-likeness (QED) is 0.738. The molecule has 2 rings (SSSR count). The van der Waals surface area contributed by atoms with Crippen LogP contribution in [0.1, 0.15) is 11.1 Å². The summed E-state index contributed by atoms with van der Waals surface area (Å²) >= 11 is 0. The van der Waals surface area contributed by atoms with Gasteiger partial charge in [-0.3, -0.25) is 0 Å². The van der Waals surface area contributed by atoms with E-state index in [0.29, 0.717) is 0 Å². The van der Waals surface area contributed by atoms with Crippen LogP contribution in [-0.4, -0.2) is 21.3 Å². The highest BCUT2D eigenvalue weighted by Crippen LogP contribution is 2.25. The van der Waals surface area contributed by atoms with Crippen molar-refractivity contribution < 1.29 is 14.2 Å². The molecule has 114 valence electrons. The minimum absolute atomic E-state index is 0.805. The summed E-state index contributed by atoms with van der Waals surface area (Å²) < 4.78 is 15.7. The van der Waals surface area contributed by atoms with Gasteiger partial charge in [0.1, 0.15) is 17.2 Å². The van der Waals surface area contributed by atoms with E-state index in [4.69, 9.17) is 14.2 Å². The Morgan fingerprint density at radius 3 is 1.95 bits per heavy atom. The molecule has 0 aliphatic heterocycles. The first-order chi connectivity index (χ1) is 10.8. The van der Waals surface area contributed by atoms with Crippen LogP contribution >= 0.6 is 0 Å². The highest BCUT2D eigenvalue weighted by molar-refractivity contribution is 5.63. The molecule has 22 heavy (non-hydrogen) atoms. The Kier molecular flexibility index (Phi) is 5.66. The Morgan fingerprint density at radius 1 is 0.682 bits per heavy atom. The standard InChI is InChI=1S/C19H20O3/c1-20-17-10-8-15(9-11-17)6-4-5-7-16-14-18(21-2)12-13-19(16)22-3/h4-14H,1-3H3/b6-4+,7-5+. The summed E-state index contributed by atoms with van der Waals surface area (Å²) in [5.74, 6) is 2.48. The molecular formula is C19H20O3. The molecule has 0 saturated carbocycles. The van der Waals surface area contributed by atoms with Crippen LogP contribution in [0.3, 0.4) is 0 Å². The number of benzene rings is 2. The van der Waals surface area contributed by atoms with Gasteiger partial charge < -0.3 is 14.2 Å². The van der Waals surface area contributed by atoms with Crippen LogP contribution in [0.5, 0.6) is 17.2 Å². The van der Waals surface area contributed by atoms with Crippen molar-refractivity contribution in [3.8, 4) is 17.2 Å². The third kappa shape index (κ3) is 4.16.